The van der Waals surface area contributed by atoms with Gasteiger partial charge in [-0.3, -0.25) is 14.4 Å². The summed E-state index contributed by atoms with van der Waals surface area (Å²) in [5.74, 6) is -4.54. The van der Waals surface area contributed by atoms with Crippen molar-refractivity contribution in [2.24, 2.45) is 0 Å². The highest BCUT2D eigenvalue weighted by Gasteiger charge is 2.28. The first kappa shape index (κ1) is 26.8. The lowest BCUT2D eigenvalue weighted by atomic mass is 10.0. The van der Waals surface area contributed by atoms with Crippen LogP contribution in [0.2, 0.25) is 0 Å². The van der Waals surface area contributed by atoms with Gasteiger partial charge in [-0.2, -0.15) is 0 Å². The quantitative estimate of drug-likeness (QED) is 0.233. The Hall–Kier alpha value is -4.81. The summed E-state index contributed by atoms with van der Waals surface area (Å²) in [4.78, 5) is 58.0. The molecule has 0 bridgehead atoms. The van der Waals surface area contributed by atoms with E-state index in [1.54, 1.807) is 18.2 Å². The molecule has 0 fully saturated rings. The normalized spacial score (nSPS) is 12.5. The summed E-state index contributed by atoms with van der Waals surface area (Å²) >= 11 is 0. The summed E-state index contributed by atoms with van der Waals surface area (Å²) in [7, 11) is 0. The number of fused-ring (bicyclic) bond motifs is 1. The average Bonchev–Trinajstić information content (AvgIpc) is 3.32. The number of ether oxygens (including phenoxy) is 3. The highest BCUT2D eigenvalue weighted by molar-refractivity contribution is 5.96. The molecule has 0 saturated carbocycles. The molecule has 1 aliphatic heterocycles. The van der Waals surface area contributed by atoms with Crippen LogP contribution in [-0.2, 0) is 36.9 Å². The molecule has 196 valence electrons. The Morgan fingerprint density at radius 2 is 1.51 bits per heavy atom. The van der Waals surface area contributed by atoms with Gasteiger partial charge in [-0.15, -0.1) is 0 Å². The van der Waals surface area contributed by atoms with Gasteiger partial charge in [0.2, 0.25) is 18.6 Å². The minimum absolute atomic E-state index is 0.00730. The van der Waals surface area contributed by atoms with Crippen molar-refractivity contribution >= 4 is 29.7 Å². The number of amides is 2. The van der Waals surface area contributed by atoms with Gasteiger partial charge in [-0.05, 0) is 35.4 Å². The van der Waals surface area contributed by atoms with Crippen molar-refractivity contribution in [3.63, 3.8) is 0 Å². The molecule has 2 amide bonds. The van der Waals surface area contributed by atoms with Crippen molar-refractivity contribution in [1.82, 2.24) is 10.6 Å². The lowest BCUT2D eigenvalue weighted by Crippen LogP contribution is -2.47. The van der Waals surface area contributed by atoms with Crippen molar-refractivity contribution in [3.8, 4) is 17.2 Å². The highest BCUT2D eigenvalue weighted by Crippen LogP contribution is 2.32. The van der Waals surface area contributed by atoms with Gasteiger partial charge in [0.25, 0.3) is 6.10 Å². The maximum atomic E-state index is 12.9. The van der Waals surface area contributed by atoms with Gasteiger partial charge in [-0.1, -0.05) is 18.2 Å². The molecular weight excluding hydrogens is 492 g/mol. The number of carbonyl (C=O) groups is 5. The summed E-state index contributed by atoms with van der Waals surface area (Å²) in [6, 6.07) is 9.74. The second kappa shape index (κ2) is 12.2. The van der Waals surface area contributed by atoms with Gasteiger partial charge in [-0.25, -0.2) is 9.59 Å². The van der Waals surface area contributed by atoms with E-state index >= 15 is 0 Å². The third-order valence-corrected chi connectivity index (χ3v) is 5.19. The first-order valence-corrected chi connectivity index (χ1v) is 11.0. The zero-order valence-electron chi connectivity index (χ0n) is 19.3. The van der Waals surface area contributed by atoms with Gasteiger partial charge in [0, 0.05) is 19.4 Å². The number of aliphatic carboxylic acids is 3. The Balaban J connectivity index is 1.67. The first-order chi connectivity index (χ1) is 17.6. The van der Waals surface area contributed by atoms with E-state index in [0.29, 0.717) is 17.1 Å². The Bertz CT molecular complexity index is 1170. The lowest BCUT2D eigenvalue weighted by Gasteiger charge is -2.19. The molecule has 0 radical (unpaired) electrons. The molecule has 1 aliphatic rings. The number of hydrogen-bond donors (Lipinski definition) is 5. The number of carboxylic acid groups (broad SMARTS) is 3. The topological polar surface area (TPSA) is 198 Å². The van der Waals surface area contributed by atoms with Crippen LogP contribution in [0.1, 0.15) is 24.0 Å². The number of nitrogens with one attached hydrogen (secondary N) is 2. The lowest BCUT2D eigenvalue weighted by molar-refractivity contribution is -0.159. The van der Waals surface area contributed by atoms with Crippen LogP contribution in [0.5, 0.6) is 17.2 Å². The average molecular weight is 516 g/mol. The summed E-state index contributed by atoms with van der Waals surface area (Å²) < 4.78 is 15.5. The largest absolute Gasteiger partial charge is 0.481 e. The zero-order chi connectivity index (χ0) is 26.9. The fraction of sp³-hybridized carbons (Fsp3) is 0.292. The van der Waals surface area contributed by atoms with Gasteiger partial charge in [0.15, 0.2) is 11.5 Å². The van der Waals surface area contributed by atoms with E-state index in [1.807, 2.05) is 0 Å². The molecule has 5 N–H and O–H groups in total. The van der Waals surface area contributed by atoms with E-state index in [4.69, 9.17) is 29.5 Å². The minimum Gasteiger partial charge on any atom is -0.481 e. The van der Waals surface area contributed by atoms with Crippen molar-refractivity contribution in [3.05, 3.63) is 53.6 Å². The predicted molar refractivity (Wildman–Crippen MR) is 123 cm³/mol. The molecule has 0 spiro atoms. The molecule has 3 rings (SSSR count). The van der Waals surface area contributed by atoms with Gasteiger partial charge in [0.1, 0.15) is 11.8 Å². The van der Waals surface area contributed by atoms with Gasteiger partial charge >= 0.3 is 17.9 Å². The van der Waals surface area contributed by atoms with E-state index in [1.165, 1.54) is 24.3 Å². The molecule has 2 aromatic rings. The molecule has 0 aliphatic carbocycles. The SMILES string of the molecule is O=C(O)CCC(=O)NC(Cc1ccc(OC(C(=O)O)C(=O)O)cc1)C(=O)NCc1ccc2c(c1)OCO2. The molecular formula is C24H24N2O11. The number of hydrogen-bond acceptors (Lipinski definition) is 8. The maximum Gasteiger partial charge on any atom is 0.356 e. The number of rotatable bonds is 13. The van der Waals surface area contributed by atoms with Crippen LogP contribution in [0, 0.1) is 0 Å². The van der Waals surface area contributed by atoms with Crippen LogP contribution < -0.4 is 24.8 Å². The third-order valence-electron chi connectivity index (χ3n) is 5.19. The van der Waals surface area contributed by atoms with Crippen LogP contribution >= 0.6 is 0 Å². The van der Waals surface area contributed by atoms with Crippen LogP contribution in [0.3, 0.4) is 0 Å². The number of benzene rings is 2. The molecule has 2 aromatic carbocycles. The monoisotopic (exact) mass is 516 g/mol. The molecule has 0 aromatic heterocycles. The summed E-state index contributed by atoms with van der Waals surface area (Å²) in [5, 5.41) is 31.9. The van der Waals surface area contributed by atoms with E-state index in [9.17, 15) is 24.0 Å². The van der Waals surface area contributed by atoms with Crippen LogP contribution in [-0.4, -0.2) is 64.0 Å². The van der Waals surface area contributed by atoms with E-state index < -0.39 is 48.3 Å². The fourth-order valence-corrected chi connectivity index (χ4v) is 3.34. The molecule has 13 nitrogen and oxygen atoms in total. The summed E-state index contributed by atoms with van der Waals surface area (Å²) in [5.41, 5.74) is 1.26. The smallest absolute Gasteiger partial charge is 0.356 e. The number of carboxylic acids is 3. The first-order valence-electron chi connectivity index (χ1n) is 11.0. The summed E-state index contributed by atoms with van der Waals surface area (Å²) in [6.07, 6.45) is -2.81. The molecule has 1 unspecified atom stereocenters. The van der Waals surface area contributed by atoms with Crippen molar-refractivity contribution in [2.45, 2.75) is 38.0 Å². The van der Waals surface area contributed by atoms with Gasteiger partial charge < -0.3 is 40.2 Å². The van der Waals surface area contributed by atoms with E-state index in [-0.39, 0.29) is 31.9 Å². The Kier molecular flexibility index (Phi) is 8.86. The van der Waals surface area contributed by atoms with Crippen LogP contribution in [0.15, 0.2) is 42.5 Å². The predicted octanol–water partition coefficient (Wildman–Crippen LogP) is 0.540. The van der Waals surface area contributed by atoms with E-state index in [0.717, 1.165) is 5.56 Å². The standard InChI is InChI=1S/C24H24N2O11/c27-19(7-8-20(28)29)26-16(22(30)25-11-14-3-6-17-18(10-14)36-12-35-17)9-13-1-4-15(5-2-13)37-21(23(31)32)24(33)34/h1-6,10,16,21H,7-9,11-12H2,(H,25,30)(H,26,27)(H,28,29)(H,31,32)(H,33,34). The van der Waals surface area contributed by atoms with Crippen molar-refractivity contribution in [1.29, 1.82) is 0 Å². The minimum atomic E-state index is -2.09. The molecule has 13 heteroatoms. The fourth-order valence-electron chi connectivity index (χ4n) is 3.34. The van der Waals surface area contributed by atoms with Crippen molar-refractivity contribution < 1.29 is 53.5 Å². The Labute approximate surface area is 209 Å². The van der Waals surface area contributed by atoms with Crippen LogP contribution in [0.25, 0.3) is 0 Å². The molecule has 37 heavy (non-hydrogen) atoms. The Morgan fingerprint density at radius 3 is 2.16 bits per heavy atom. The molecule has 0 saturated heterocycles. The zero-order valence-corrected chi connectivity index (χ0v) is 19.3. The second-order valence-electron chi connectivity index (χ2n) is 7.94. The van der Waals surface area contributed by atoms with E-state index in [2.05, 4.69) is 10.6 Å². The second-order valence-corrected chi connectivity index (χ2v) is 7.94. The molecule has 1 atom stereocenters. The molecule has 1 heterocycles. The highest BCUT2D eigenvalue weighted by atomic mass is 16.7. The van der Waals surface area contributed by atoms with Crippen LogP contribution in [0.4, 0.5) is 0 Å². The van der Waals surface area contributed by atoms with Crippen molar-refractivity contribution in [2.75, 3.05) is 6.79 Å². The third kappa shape index (κ3) is 7.85. The number of carbonyl (C=O) groups excluding carboxylic acids is 2. The maximum absolute atomic E-state index is 12.9. The Morgan fingerprint density at radius 1 is 0.865 bits per heavy atom. The van der Waals surface area contributed by atoms with Gasteiger partial charge in [0.05, 0.1) is 6.42 Å². The summed E-state index contributed by atoms with van der Waals surface area (Å²) in [6.45, 7) is 0.224.